The van der Waals surface area contributed by atoms with Gasteiger partial charge in [-0.15, -0.1) is 11.3 Å². The Kier molecular flexibility index (Phi) is 9.28. The lowest BCUT2D eigenvalue weighted by atomic mass is 10.00. The predicted molar refractivity (Wildman–Crippen MR) is 136 cm³/mol. The molecule has 0 fully saturated rings. The molecule has 35 heavy (non-hydrogen) atoms. The van der Waals surface area contributed by atoms with Crippen LogP contribution in [0.1, 0.15) is 50.6 Å². The smallest absolute Gasteiger partial charge is 0.261 e. The van der Waals surface area contributed by atoms with E-state index in [2.05, 4.69) is 10.6 Å². The summed E-state index contributed by atoms with van der Waals surface area (Å²) in [5.41, 5.74) is 1.31. The number of carbonyl (C=O) groups is 3. The number of aromatic hydroxyl groups is 1. The Morgan fingerprint density at radius 1 is 1.03 bits per heavy atom. The number of ketones is 1. The number of thiophene rings is 1. The maximum atomic E-state index is 12.9. The Balaban J connectivity index is 1.64. The first kappa shape index (κ1) is 26.7. The fraction of sp³-hybridized carbons (Fsp3) is 0.240. The maximum absolute atomic E-state index is 12.9. The van der Waals surface area contributed by atoms with Crippen LogP contribution < -0.4 is 10.6 Å². The van der Waals surface area contributed by atoms with Crippen molar-refractivity contribution in [3.63, 3.8) is 0 Å². The van der Waals surface area contributed by atoms with Crippen LogP contribution in [-0.4, -0.2) is 40.4 Å². The zero-order chi connectivity index (χ0) is 25.5. The van der Waals surface area contributed by atoms with Crippen molar-refractivity contribution in [1.82, 2.24) is 10.6 Å². The largest absolute Gasteiger partial charge is 0.508 e. The van der Waals surface area contributed by atoms with E-state index < -0.39 is 18.1 Å². The number of rotatable bonds is 10. The summed E-state index contributed by atoms with van der Waals surface area (Å²) in [7, 11) is 0. The first-order chi connectivity index (χ1) is 16.7. The van der Waals surface area contributed by atoms with Crippen LogP contribution in [0.2, 0.25) is 10.0 Å². The molecule has 0 aliphatic carbocycles. The molecule has 1 heterocycles. The lowest BCUT2D eigenvalue weighted by molar-refractivity contribution is -0.118. The van der Waals surface area contributed by atoms with Crippen LogP contribution in [-0.2, 0) is 11.2 Å². The minimum absolute atomic E-state index is 0.0152. The van der Waals surface area contributed by atoms with Gasteiger partial charge in [-0.1, -0.05) is 41.4 Å². The Hall–Kier alpha value is -2.91. The summed E-state index contributed by atoms with van der Waals surface area (Å²) in [4.78, 5) is 37.6. The minimum Gasteiger partial charge on any atom is -0.508 e. The Morgan fingerprint density at radius 2 is 1.74 bits per heavy atom. The normalized spacial score (nSPS) is 12.6. The second-order valence-corrected chi connectivity index (χ2v) is 9.67. The average Bonchev–Trinajstić information content (AvgIpc) is 3.34. The van der Waals surface area contributed by atoms with Crippen molar-refractivity contribution >= 4 is 52.1 Å². The van der Waals surface area contributed by atoms with Crippen LogP contribution in [0.15, 0.2) is 53.9 Å². The highest BCUT2D eigenvalue weighted by Crippen LogP contribution is 2.29. The molecule has 3 aromatic rings. The molecule has 2 amide bonds. The van der Waals surface area contributed by atoms with E-state index >= 15 is 0 Å². The van der Waals surface area contributed by atoms with Gasteiger partial charge in [0.15, 0.2) is 5.78 Å². The number of nitrogens with one attached hydrogen (secondary N) is 2. The quantitative estimate of drug-likeness (QED) is 0.304. The van der Waals surface area contributed by atoms with E-state index in [1.165, 1.54) is 30.4 Å². The summed E-state index contributed by atoms with van der Waals surface area (Å²) in [6.07, 6.45) is -0.0376. The standard InChI is InChI=1S/C25H24Cl2N2O5S/c1-14(30)20(13-28-24(33)22-6-3-9-35-22)29-25(34)23-18(26)10-15(11-19(23)27)7-8-21(32)16-4-2-5-17(31)12-16/h2-6,9-12,20-21,31-32H,7-8,13H2,1H3,(H,28,33)(H,29,34)/t20-,21?/m0/s1. The summed E-state index contributed by atoms with van der Waals surface area (Å²) < 4.78 is 0. The number of phenols is 1. The van der Waals surface area contributed by atoms with E-state index in [-0.39, 0.29) is 39.6 Å². The summed E-state index contributed by atoms with van der Waals surface area (Å²) in [6, 6.07) is 12.0. The topological polar surface area (TPSA) is 116 Å². The molecule has 7 nitrogen and oxygen atoms in total. The van der Waals surface area contributed by atoms with Crippen molar-refractivity contribution in [2.24, 2.45) is 0 Å². The number of aliphatic hydroxyl groups is 1. The number of benzene rings is 2. The van der Waals surface area contributed by atoms with Gasteiger partial charge in [-0.25, -0.2) is 0 Å². The Morgan fingerprint density at radius 3 is 2.34 bits per heavy atom. The van der Waals surface area contributed by atoms with Gasteiger partial charge in [-0.3, -0.25) is 14.4 Å². The SMILES string of the molecule is CC(=O)[C@H](CNC(=O)c1cccs1)NC(=O)c1c(Cl)cc(CCC(O)c2cccc(O)c2)cc1Cl. The number of phenolic OH excluding ortho intramolecular Hbond substituents is 1. The fourth-order valence-electron chi connectivity index (χ4n) is 3.41. The van der Waals surface area contributed by atoms with Gasteiger partial charge in [0.1, 0.15) is 11.8 Å². The zero-order valence-electron chi connectivity index (χ0n) is 18.8. The molecule has 0 saturated carbocycles. The van der Waals surface area contributed by atoms with Crippen LogP contribution in [0.3, 0.4) is 0 Å². The van der Waals surface area contributed by atoms with Crippen LogP contribution in [0, 0.1) is 0 Å². The lowest BCUT2D eigenvalue weighted by Gasteiger charge is -2.18. The van der Waals surface area contributed by atoms with E-state index in [0.29, 0.717) is 28.8 Å². The van der Waals surface area contributed by atoms with Crippen molar-refractivity contribution in [3.05, 3.63) is 85.5 Å². The number of hydrogen-bond acceptors (Lipinski definition) is 6. The molecule has 0 spiro atoms. The van der Waals surface area contributed by atoms with Crippen molar-refractivity contribution in [3.8, 4) is 5.75 Å². The van der Waals surface area contributed by atoms with Crippen molar-refractivity contribution < 1.29 is 24.6 Å². The van der Waals surface area contributed by atoms with Crippen molar-refractivity contribution in [2.75, 3.05) is 6.54 Å². The first-order valence-electron chi connectivity index (χ1n) is 10.7. The van der Waals surface area contributed by atoms with E-state index in [4.69, 9.17) is 23.2 Å². The maximum Gasteiger partial charge on any atom is 0.261 e. The fourth-order valence-corrected chi connectivity index (χ4v) is 4.75. The van der Waals surface area contributed by atoms with Crippen LogP contribution in [0.4, 0.5) is 0 Å². The molecule has 3 rings (SSSR count). The highest BCUT2D eigenvalue weighted by molar-refractivity contribution is 7.12. The summed E-state index contributed by atoms with van der Waals surface area (Å²) in [6.45, 7) is 1.23. The summed E-state index contributed by atoms with van der Waals surface area (Å²) in [5.74, 6) is -1.25. The Labute approximate surface area is 216 Å². The van der Waals surface area contributed by atoms with Crippen molar-refractivity contribution in [1.29, 1.82) is 0 Å². The van der Waals surface area contributed by atoms with Gasteiger partial charge in [-0.05, 0) is 66.6 Å². The van der Waals surface area contributed by atoms with Crippen LogP contribution >= 0.6 is 34.5 Å². The van der Waals surface area contributed by atoms with Crippen molar-refractivity contribution in [2.45, 2.75) is 31.9 Å². The third-order valence-corrected chi connectivity index (χ3v) is 6.76. The molecule has 0 bridgehead atoms. The molecular weight excluding hydrogens is 511 g/mol. The highest BCUT2D eigenvalue weighted by Gasteiger charge is 2.23. The number of aryl methyl sites for hydroxylation is 1. The predicted octanol–water partition coefficient (Wildman–Crippen LogP) is 4.54. The molecule has 0 aliphatic heterocycles. The van der Waals surface area contributed by atoms with Gasteiger partial charge in [0.2, 0.25) is 0 Å². The van der Waals surface area contributed by atoms with E-state index in [0.717, 1.165) is 0 Å². The number of aliphatic hydroxyl groups excluding tert-OH is 1. The molecule has 10 heteroatoms. The molecule has 184 valence electrons. The van der Waals surface area contributed by atoms with Crippen LogP contribution in [0.5, 0.6) is 5.75 Å². The molecule has 0 aliphatic rings. The molecule has 1 unspecified atom stereocenters. The third-order valence-electron chi connectivity index (χ3n) is 5.30. The number of hydrogen-bond donors (Lipinski definition) is 4. The number of Topliss-reactive ketones (excluding diaryl/α,β-unsaturated/α-hetero) is 1. The average molecular weight is 535 g/mol. The third kappa shape index (κ3) is 7.29. The lowest BCUT2D eigenvalue weighted by Crippen LogP contribution is -2.47. The molecule has 2 atom stereocenters. The van der Waals surface area contributed by atoms with E-state index in [1.54, 1.807) is 41.8 Å². The Bertz CT molecular complexity index is 1190. The second-order valence-electron chi connectivity index (χ2n) is 7.91. The van der Waals surface area contributed by atoms with Gasteiger partial charge < -0.3 is 20.8 Å². The molecule has 0 saturated heterocycles. The monoisotopic (exact) mass is 534 g/mol. The number of halogens is 2. The van der Waals surface area contributed by atoms with E-state index in [1.807, 2.05) is 0 Å². The molecule has 0 radical (unpaired) electrons. The summed E-state index contributed by atoms with van der Waals surface area (Å²) >= 11 is 14.0. The highest BCUT2D eigenvalue weighted by atomic mass is 35.5. The molecular formula is C25H24Cl2N2O5S. The van der Waals surface area contributed by atoms with Crippen LogP contribution in [0.25, 0.3) is 0 Å². The van der Waals surface area contributed by atoms with Gasteiger partial charge in [-0.2, -0.15) is 0 Å². The molecule has 4 N–H and O–H groups in total. The minimum atomic E-state index is -0.962. The number of carbonyl (C=O) groups excluding carboxylic acids is 3. The zero-order valence-corrected chi connectivity index (χ0v) is 21.1. The van der Waals surface area contributed by atoms with Gasteiger partial charge in [0.05, 0.1) is 26.6 Å². The first-order valence-corrected chi connectivity index (χ1v) is 12.4. The number of amides is 2. The van der Waals surface area contributed by atoms with Gasteiger partial charge in [0.25, 0.3) is 11.8 Å². The van der Waals surface area contributed by atoms with E-state index in [9.17, 15) is 24.6 Å². The molecule has 2 aromatic carbocycles. The molecule has 1 aromatic heterocycles. The second kappa shape index (κ2) is 12.2. The van der Waals surface area contributed by atoms with Gasteiger partial charge in [0, 0.05) is 6.54 Å². The van der Waals surface area contributed by atoms with Gasteiger partial charge >= 0.3 is 0 Å². The summed E-state index contributed by atoms with van der Waals surface area (Å²) in [5, 5.41) is 27.1.